The van der Waals surface area contributed by atoms with Crippen molar-refractivity contribution in [3.63, 3.8) is 0 Å². The molecule has 2 aromatic carbocycles. The second-order valence-corrected chi connectivity index (χ2v) is 8.42. The molecule has 0 saturated carbocycles. The van der Waals surface area contributed by atoms with Gasteiger partial charge in [-0.15, -0.1) is 6.58 Å². The Hall–Kier alpha value is -2.75. The van der Waals surface area contributed by atoms with E-state index in [9.17, 15) is 8.42 Å². The van der Waals surface area contributed by atoms with Crippen LogP contribution in [-0.2, 0) is 10.0 Å². The number of anilines is 1. The molecule has 0 bridgehead atoms. The van der Waals surface area contributed by atoms with Gasteiger partial charge in [0.25, 0.3) is 0 Å². The Labute approximate surface area is 168 Å². The molecule has 0 saturated heterocycles. The predicted octanol–water partition coefficient (Wildman–Crippen LogP) is 3.30. The number of rotatable bonds is 7. The molecule has 0 radical (unpaired) electrons. The summed E-state index contributed by atoms with van der Waals surface area (Å²) < 4.78 is 32.4. The summed E-state index contributed by atoms with van der Waals surface area (Å²) in [5, 5.41) is 0. The molecule has 5 nitrogen and oxygen atoms in total. The van der Waals surface area contributed by atoms with Crippen LogP contribution in [0.2, 0.25) is 0 Å². The van der Waals surface area contributed by atoms with Crippen molar-refractivity contribution in [1.29, 1.82) is 0 Å². The monoisotopic (exact) mass is 398 g/mol. The first-order valence-corrected chi connectivity index (χ1v) is 10.3. The Morgan fingerprint density at radius 1 is 1.14 bits per heavy atom. The maximum absolute atomic E-state index is 12.9. The zero-order valence-electron chi connectivity index (χ0n) is 16.8. The lowest BCUT2D eigenvalue weighted by atomic mass is 10.1. The van der Waals surface area contributed by atoms with E-state index in [4.69, 9.17) is 4.74 Å². The molecule has 0 spiro atoms. The molecule has 6 heteroatoms. The summed E-state index contributed by atoms with van der Waals surface area (Å²) in [5.41, 5.74) is 2.71. The third-order valence-electron chi connectivity index (χ3n) is 4.16. The number of hydrogen-bond donors (Lipinski definition) is 0. The van der Waals surface area contributed by atoms with E-state index in [0.717, 1.165) is 22.6 Å². The first-order valence-electron chi connectivity index (χ1n) is 8.81. The number of aryl methyl sites for hydroxylation is 1. The fourth-order valence-corrected chi connectivity index (χ4v) is 3.90. The number of methoxy groups -OCH3 is 1. The quantitative estimate of drug-likeness (QED) is 0.530. The van der Waals surface area contributed by atoms with Gasteiger partial charge < -0.3 is 9.64 Å². The Morgan fingerprint density at radius 3 is 2.39 bits per heavy atom. The summed E-state index contributed by atoms with van der Waals surface area (Å²) in [7, 11) is 1.82. The fourth-order valence-electron chi connectivity index (χ4n) is 2.59. The highest BCUT2D eigenvalue weighted by Crippen LogP contribution is 2.24. The van der Waals surface area contributed by atoms with Gasteiger partial charge in [0.1, 0.15) is 5.75 Å². The van der Waals surface area contributed by atoms with Crippen LogP contribution in [0.3, 0.4) is 0 Å². The van der Waals surface area contributed by atoms with E-state index in [0.29, 0.717) is 0 Å². The van der Waals surface area contributed by atoms with Crippen LogP contribution in [0.4, 0.5) is 5.69 Å². The van der Waals surface area contributed by atoms with Crippen molar-refractivity contribution in [3.05, 3.63) is 66.2 Å². The Balaban J connectivity index is 2.30. The number of hydrogen-bond acceptors (Lipinski definition) is 4. The molecule has 0 atom stereocenters. The average molecular weight is 399 g/mol. The molecule has 0 amide bonds. The van der Waals surface area contributed by atoms with Crippen LogP contribution >= 0.6 is 0 Å². The third-order valence-corrected chi connectivity index (χ3v) is 5.98. The number of ether oxygens (including phenoxy) is 1. The largest absolute Gasteiger partial charge is 0.497 e. The van der Waals surface area contributed by atoms with E-state index in [-0.39, 0.29) is 18.0 Å². The smallest absolute Gasteiger partial charge is 0.244 e. The van der Waals surface area contributed by atoms with E-state index in [1.54, 1.807) is 37.5 Å². The topological polar surface area (TPSA) is 49.9 Å². The standard InChI is InChI=1S/C22H26N2O3S/c1-6-15-24(28(25,26)21-13-9-18(2)10-14-21)16-7-8-19-11-12-20(27-5)17-22(19)23(3)4/h6,9-14,17H,1,15-16H2,2-5H3. The summed E-state index contributed by atoms with van der Waals surface area (Å²) >= 11 is 0. The molecule has 28 heavy (non-hydrogen) atoms. The molecule has 0 N–H and O–H groups in total. The maximum Gasteiger partial charge on any atom is 0.244 e. The summed E-state index contributed by atoms with van der Waals surface area (Å²) in [5.74, 6) is 6.81. The number of benzene rings is 2. The van der Waals surface area contributed by atoms with Gasteiger partial charge in [-0.3, -0.25) is 0 Å². The molecule has 0 aliphatic heterocycles. The van der Waals surface area contributed by atoms with Crippen LogP contribution in [0.1, 0.15) is 11.1 Å². The molecule has 0 unspecified atom stereocenters. The average Bonchev–Trinajstić information content (AvgIpc) is 2.67. The van der Waals surface area contributed by atoms with Gasteiger partial charge in [-0.05, 0) is 31.2 Å². The van der Waals surface area contributed by atoms with E-state index in [1.807, 2.05) is 44.1 Å². The van der Waals surface area contributed by atoms with Crippen LogP contribution in [-0.4, -0.2) is 47.0 Å². The lowest BCUT2D eigenvalue weighted by Crippen LogP contribution is -2.31. The number of nitrogens with zero attached hydrogens (tertiary/aromatic N) is 2. The van der Waals surface area contributed by atoms with Gasteiger partial charge in [-0.25, -0.2) is 8.42 Å². The molecule has 0 aliphatic rings. The van der Waals surface area contributed by atoms with Crippen LogP contribution in [0.5, 0.6) is 5.75 Å². The molecule has 0 heterocycles. The van der Waals surface area contributed by atoms with Crippen LogP contribution in [0, 0.1) is 18.8 Å². The molecular formula is C22H26N2O3S. The van der Waals surface area contributed by atoms with Crippen molar-refractivity contribution in [3.8, 4) is 17.6 Å². The predicted molar refractivity (Wildman–Crippen MR) is 114 cm³/mol. The van der Waals surface area contributed by atoms with Crippen LogP contribution in [0.25, 0.3) is 0 Å². The first-order chi connectivity index (χ1) is 13.3. The third kappa shape index (κ3) is 5.16. The van der Waals surface area contributed by atoms with Gasteiger partial charge in [0.05, 0.1) is 24.2 Å². The van der Waals surface area contributed by atoms with Crippen LogP contribution < -0.4 is 9.64 Å². The van der Waals surface area contributed by atoms with Crippen molar-refractivity contribution in [2.24, 2.45) is 0 Å². The molecule has 0 aromatic heterocycles. The van der Waals surface area contributed by atoms with Gasteiger partial charge in [0, 0.05) is 32.3 Å². The SMILES string of the molecule is C=CCN(CC#Cc1ccc(OC)cc1N(C)C)S(=O)(=O)c1ccc(C)cc1. The summed E-state index contributed by atoms with van der Waals surface area (Å²) in [6.45, 7) is 5.85. The highest BCUT2D eigenvalue weighted by atomic mass is 32.2. The Kier molecular flexibility index (Phi) is 7.27. The molecule has 2 rings (SSSR count). The van der Waals surface area contributed by atoms with E-state index >= 15 is 0 Å². The lowest BCUT2D eigenvalue weighted by molar-refractivity contribution is 0.415. The lowest BCUT2D eigenvalue weighted by Gasteiger charge is -2.18. The first kappa shape index (κ1) is 21.5. The molecule has 2 aromatic rings. The second kappa shape index (κ2) is 9.45. The van der Waals surface area contributed by atoms with Gasteiger partial charge in [-0.1, -0.05) is 35.6 Å². The Morgan fingerprint density at radius 2 is 1.82 bits per heavy atom. The van der Waals surface area contributed by atoms with Crippen molar-refractivity contribution < 1.29 is 13.2 Å². The minimum absolute atomic E-state index is 0.0706. The minimum Gasteiger partial charge on any atom is -0.497 e. The normalized spacial score (nSPS) is 10.9. The van der Waals surface area contributed by atoms with Crippen molar-refractivity contribution >= 4 is 15.7 Å². The number of sulfonamides is 1. The van der Waals surface area contributed by atoms with E-state index in [2.05, 4.69) is 18.4 Å². The fraction of sp³-hybridized carbons (Fsp3) is 0.273. The molecule has 0 aliphatic carbocycles. The van der Waals surface area contributed by atoms with Gasteiger partial charge in [0.15, 0.2) is 0 Å². The van der Waals surface area contributed by atoms with E-state index < -0.39 is 10.0 Å². The van der Waals surface area contributed by atoms with Crippen molar-refractivity contribution in [2.75, 3.05) is 39.2 Å². The molecule has 0 fully saturated rings. The summed E-state index contributed by atoms with van der Waals surface area (Å²) in [4.78, 5) is 2.19. The van der Waals surface area contributed by atoms with E-state index in [1.165, 1.54) is 4.31 Å². The summed E-state index contributed by atoms with van der Waals surface area (Å²) in [6.07, 6.45) is 1.56. The minimum atomic E-state index is -3.64. The van der Waals surface area contributed by atoms with Gasteiger partial charge in [-0.2, -0.15) is 4.31 Å². The van der Waals surface area contributed by atoms with Crippen LogP contribution in [0.15, 0.2) is 60.0 Å². The zero-order chi connectivity index (χ0) is 20.7. The molecular weight excluding hydrogens is 372 g/mol. The highest BCUT2D eigenvalue weighted by molar-refractivity contribution is 7.89. The van der Waals surface area contributed by atoms with Gasteiger partial charge >= 0.3 is 0 Å². The summed E-state index contributed by atoms with van der Waals surface area (Å²) in [6, 6.07) is 12.4. The van der Waals surface area contributed by atoms with Crippen molar-refractivity contribution in [2.45, 2.75) is 11.8 Å². The second-order valence-electron chi connectivity index (χ2n) is 6.48. The highest BCUT2D eigenvalue weighted by Gasteiger charge is 2.22. The van der Waals surface area contributed by atoms with Gasteiger partial charge in [0.2, 0.25) is 10.0 Å². The van der Waals surface area contributed by atoms with Crippen molar-refractivity contribution in [1.82, 2.24) is 4.31 Å². The zero-order valence-corrected chi connectivity index (χ0v) is 17.6. The molecule has 148 valence electrons. The Bertz CT molecular complexity index is 985. The maximum atomic E-state index is 12.9.